The van der Waals surface area contributed by atoms with Crippen molar-refractivity contribution in [2.45, 2.75) is 26.5 Å². The first kappa shape index (κ1) is 26.3. The van der Waals surface area contributed by atoms with Crippen molar-refractivity contribution in [2.75, 3.05) is 12.0 Å². The second kappa shape index (κ2) is 10.5. The van der Waals surface area contributed by atoms with E-state index >= 15 is 0 Å². The molecule has 1 atom stereocenters. The Balaban J connectivity index is 1.48. The molecule has 1 unspecified atom stereocenters. The third kappa shape index (κ3) is 4.52. The molecule has 0 radical (unpaired) electrons. The van der Waals surface area contributed by atoms with Gasteiger partial charge in [0.05, 0.1) is 24.4 Å². The first-order valence-corrected chi connectivity index (χ1v) is 13.8. The Bertz CT molecular complexity index is 1810. The Hall–Kier alpha value is -4.96. The number of carbonyl (C=O) groups excluding carboxylic acids is 2. The van der Waals surface area contributed by atoms with Gasteiger partial charge in [-0.3, -0.25) is 14.5 Å². The first-order valence-electron chi connectivity index (χ1n) is 12.9. The quantitative estimate of drug-likeness (QED) is 0.155. The predicted molar refractivity (Wildman–Crippen MR) is 155 cm³/mol. The van der Waals surface area contributed by atoms with Crippen LogP contribution in [0, 0.1) is 13.8 Å². The van der Waals surface area contributed by atoms with Crippen LogP contribution >= 0.6 is 11.3 Å². The molecule has 0 bridgehead atoms. The lowest BCUT2D eigenvalue weighted by molar-refractivity contribution is -0.132. The highest BCUT2D eigenvalue weighted by Crippen LogP contribution is 2.45. The number of benzene rings is 2. The second-order valence-corrected chi connectivity index (χ2v) is 10.5. The zero-order valence-corrected chi connectivity index (χ0v) is 23.4. The van der Waals surface area contributed by atoms with Gasteiger partial charge in [-0.2, -0.15) is 0 Å². The van der Waals surface area contributed by atoms with Gasteiger partial charge in [-0.25, -0.2) is 9.97 Å². The van der Waals surface area contributed by atoms with Gasteiger partial charge in [0.25, 0.3) is 5.78 Å². The highest BCUT2D eigenvalue weighted by molar-refractivity contribution is 7.14. The maximum atomic E-state index is 13.6. The fourth-order valence-corrected chi connectivity index (χ4v) is 5.73. The third-order valence-electron chi connectivity index (χ3n) is 7.12. The van der Waals surface area contributed by atoms with E-state index in [2.05, 4.69) is 9.97 Å². The van der Waals surface area contributed by atoms with Gasteiger partial charge in [-0.1, -0.05) is 42.5 Å². The molecule has 1 saturated heterocycles. The Labute approximate surface area is 239 Å². The molecular formula is C31H26N4O5S. The molecule has 6 rings (SSSR count). The summed E-state index contributed by atoms with van der Waals surface area (Å²) in [4.78, 5) is 37.3. The molecule has 1 aliphatic rings. The number of rotatable bonds is 7. The summed E-state index contributed by atoms with van der Waals surface area (Å²) in [6, 6.07) is 17.8. The molecular weight excluding hydrogens is 540 g/mol. The van der Waals surface area contributed by atoms with E-state index in [1.807, 2.05) is 66.9 Å². The Kier molecular flexibility index (Phi) is 6.76. The maximum Gasteiger partial charge on any atom is 0.301 e. The van der Waals surface area contributed by atoms with E-state index in [1.165, 1.54) is 23.3 Å². The molecule has 9 nitrogen and oxygen atoms in total. The Morgan fingerprint density at radius 3 is 2.56 bits per heavy atom. The number of aryl methyl sites for hydroxylation is 2. The molecule has 41 heavy (non-hydrogen) atoms. The van der Waals surface area contributed by atoms with Crippen molar-refractivity contribution in [1.29, 1.82) is 0 Å². The monoisotopic (exact) mass is 566 g/mol. The van der Waals surface area contributed by atoms with Crippen LogP contribution in [0.25, 0.3) is 11.4 Å². The zero-order chi connectivity index (χ0) is 28.7. The minimum Gasteiger partial charge on any atom is -0.505 e. The minimum absolute atomic E-state index is 0.0747. The van der Waals surface area contributed by atoms with Gasteiger partial charge in [-0.15, -0.1) is 11.3 Å². The first-order chi connectivity index (χ1) is 19.9. The molecule has 10 heteroatoms. The van der Waals surface area contributed by atoms with Crippen molar-refractivity contribution in [1.82, 2.24) is 14.4 Å². The molecule has 0 saturated carbocycles. The number of hydrogen-bond acceptors (Lipinski definition) is 8. The number of ketones is 1. The molecule has 4 heterocycles. The van der Waals surface area contributed by atoms with Gasteiger partial charge in [0.2, 0.25) is 0 Å². The van der Waals surface area contributed by atoms with E-state index in [0.29, 0.717) is 40.1 Å². The van der Waals surface area contributed by atoms with Gasteiger partial charge >= 0.3 is 5.91 Å². The van der Waals surface area contributed by atoms with Crippen LogP contribution in [0.15, 0.2) is 84.0 Å². The number of nitrogens with zero attached hydrogens (tertiary/aromatic N) is 4. The molecule has 1 fully saturated rings. The number of aliphatic hydroxyl groups excluding tert-OH is 1. The number of anilines is 1. The Morgan fingerprint density at radius 1 is 1.05 bits per heavy atom. The zero-order valence-electron chi connectivity index (χ0n) is 22.6. The van der Waals surface area contributed by atoms with E-state index in [1.54, 1.807) is 29.8 Å². The van der Waals surface area contributed by atoms with Gasteiger partial charge in [0, 0.05) is 17.8 Å². The summed E-state index contributed by atoms with van der Waals surface area (Å²) < 4.78 is 13.5. The van der Waals surface area contributed by atoms with Gasteiger partial charge in [0.15, 0.2) is 22.4 Å². The lowest BCUT2D eigenvalue weighted by Crippen LogP contribution is -2.29. The molecule has 0 spiro atoms. The van der Waals surface area contributed by atoms with Crippen molar-refractivity contribution in [3.05, 3.63) is 112 Å². The number of pyridine rings is 1. The molecule has 1 amide bonds. The Morgan fingerprint density at radius 2 is 1.85 bits per heavy atom. The van der Waals surface area contributed by atoms with Crippen molar-refractivity contribution >= 4 is 39.6 Å². The largest absolute Gasteiger partial charge is 0.505 e. The summed E-state index contributed by atoms with van der Waals surface area (Å²) in [5, 5.41) is 13.7. The number of hydrogen-bond donors (Lipinski definition) is 1. The average molecular weight is 567 g/mol. The average Bonchev–Trinajstić information content (AvgIpc) is 3.70. The molecule has 5 aromatic rings. The number of aromatic nitrogens is 3. The van der Waals surface area contributed by atoms with E-state index in [4.69, 9.17) is 9.47 Å². The van der Waals surface area contributed by atoms with Crippen molar-refractivity contribution < 1.29 is 24.2 Å². The number of thiazole rings is 1. The number of Topliss-reactive ketones (excluding diaryl/α,β-unsaturated/α-hetero) is 1. The molecule has 1 N–H and O–H groups in total. The van der Waals surface area contributed by atoms with Gasteiger partial charge in [0.1, 0.15) is 17.9 Å². The van der Waals surface area contributed by atoms with Crippen molar-refractivity contribution in [3.63, 3.8) is 0 Å². The third-order valence-corrected chi connectivity index (χ3v) is 7.89. The SMILES string of the molecule is COc1cc(C2C(=C(O)c3nc4c(C)cccn4c3C)C(=O)C(=O)N2c2nccs2)ccc1OCc1ccccc1. The number of methoxy groups -OCH3 is 1. The summed E-state index contributed by atoms with van der Waals surface area (Å²) in [7, 11) is 1.52. The fraction of sp³-hybridized carbons (Fsp3) is 0.161. The van der Waals surface area contributed by atoms with Crippen LogP contribution in [0.4, 0.5) is 5.13 Å². The molecule has 206 valence electrons. The van der Waals surface area contributed by atoms with Crippen LogP contribution in [0.1, 0.15) is 34.1 Å². The van der Waals surface area contributed by atoms with Crippen LogP contribution in [0.2, 0.25) is 0 Å². The lowest BCUT2D eigenvalue weighted by atomic mass is 9.96. The van der Waals surface area contributed by atoms with Crippen molar-refractivity contribution in [2.24, 2.45) is 0 Å². The number of imidazole rings is 1. The standard InChI is InChI=1S/C31H26N4O5S/c1-18-8-7-14-34-19(2)25(33-29(18)34)27(36)24-26(35(30(38)28(24)37)31-32-13-15-41-31)21-11-12-22(23(16-21)39-3)40-17-20-9-5-4-6-10-20/h4-16,26,36H,17H2,1-3H3. The number of amides is 1. The van der Waals surface area contributed by atoms with Crippen LogP contribution < -0.4 is 14.4 Å². The minimum atomic E-state index is -0.969. The number of fused-ring (bicyclic) bond motifs is 1. The second-order valence-electron chi connectivity index (χ2n) is 9.60. The normalized spacial score (nSPS) is 16.5. The smallest absolute Gasteiger partial charge is 0.301 e. The highest BCUT2D eigenvalue weighted by atomic mass is 32.1. The molecule has 2 aromatic carbocycles. The topological polar surface area (TPSA) is 106 Å². The van der Waals surface area contributed by atoms with Crippen LogP contribution in [-0.2, 0) is 16.2 Å². The maximum absolute atomic E-state index is 13.6. The summed E-state index contributed by atoms with van der Waals surface area (Å²) >= 11 is 1.22. The summed E-state index contributed by atoms with van der Waals surface area (Å²) in [6.07, 6.45) is 3.40. The highest BCUT2D eigenvalue weighted by Gasteiger charge is 2.48. The van der Waals surface area contributed by atoms with Gasteiger partial charge < -0.3 is 19.0 Å². The van der Waals surface area contributed by atoms with Crippen LogP contribution in [0.3, 0.4) is 0 Å². The summed E-state index contributed by atoms with van der Waals surface area (Å²) in [5.41, 5.74) is 3.90. The predicted octanol–water partition coefficient (Wildman–Crippen LogP) is 5.62. The molecule has 1 aliphatic heterocycles. The van der Waals surface area contributed by atoms with E-state index in [-0.39, 0.29) is 17.0 Å². The molecule has 0 aliphatic carbocycles. The number of ether oxygens (including phenoxy) is 2. The van der Waals surface area contributed by atoms with Crippen molar-refractivity contribution in [3.8, 4) is 11.5 Å². The van der Waals surface area contributed by atoms with Crippen LogP contribution in [0.5, 0.6) is 11.5 Å². The number of aliphatic hydroxyl groups is 1. The van der Waals surface area contributed by atoms with E-state index in [9.17, 15) is 14.7 Å². The number of carbonyl (C=O) groups is 2. The fourth-order valence-electron chi connectivity index (χ4n) is 5.06. The van der Waals surface area contributed by atoms with Gasteiger partial charge in [-0.05, 0) is 48.7 Å². The van der Waals surface area contributed by atoms with E-state index < -0.39 is 17.7 Å². The van der Waals surface area contributed by atoms with E-state index in [0.717, 1.165) is 11.1 Å². The van der Waals surface area contributed by atoms with Crippen LogP contribution in [-0.4, -0.2) is 38.3 Å². The summed E-state index contributed by atoms with van der Waals surface area (Å²) in [5.74, 6) is -1.04. The summed E-state index contributed by atoms with van der Waals surface area (Å²) in [6.45, 7) is 4.06. The lowest BCUT2D eigenvalue weighted by Gasteiger charge is -2.23. The molecule has 3 aromatic heterocycles.